The highest BCUT2D eigenvalue weighted by atomic mass is 19.4. The molecule has 1 heterocycles. The highest BCUT2D eigenvalue weighted by Crippen LogP contribution is 2.34. The second kappa shape index (κ2) is 8.97. The SMILES string of the molecule is O=C(O)Cc1c(NCc2cccc(C(F)(F)F)c2)n(Cc2ccccc2)c2ccc(F)cc12. The van der Waals surface area contributed by atoms with Crippen LogP contribution in [0.4, 0.5) is 23.4 Å². The van der Waals surface area contributed by atoms with Crippen LogP contribution in [0.1, 0.15) is 22.3 Å². The normalized spacial score (nSPS) is 11.6. The smallest absolute Gasteiger partial charge is 0.416 e. The van der Waals surface area contributed by atoms with Gasteiger partial charge in [0.15, 0.2) is 0 Å². The van der Waals surface area contributed by atoms with Gasteiger partial charge in [0.1, 0.15) is 11.6 Å². The highest BCUT2D eigenvalue weighted by Gasteiger charge is 2.30. The van der Waals surface area contributed by atoms with Crippen LogP contribution < -0.4 is 5.32 Å². The highest BCUT2D eigenvalue weighted by molar-refractivity contribution is 5.93. The van der Waals surface area contributed by atoms with Gasteiger partial charge < -0.3 is 15.0 Å². The van der Waals surface area contributed by atoms with Crippen LogP contribution in [-0.2, 0) is 30.5 Å². The summed E-state index contributed by atoms with van der Waals surface area (Å²) in [4.78, 5) is 11.6. The van der Waals surface area contributed by atoms with Crippen molar-refractivity contribution in [3.05, 3.63) is 101 Å². The lowest BCUT2D eigenvalue weighted by Crippen LogP contribution is -2.12. The number of carboxylic acids is 1. The van der Waals surface area contributed by atoms with E-state index in [-0.39, 0.29) is 13.0 Å². The van der Waals surface area contributed by atoms with Gasteiger partial charge in [0.05, 0.1) is 17.5 Å². The van der Waals surface area contributed by atoms with Crippen molar-refractivity contribution >= 4 is 22.7 Å². The Labute approximate surface area is 187 Å². The quantitative estimate of drug-likeness (QED) is 0.331. The molecule has 0 aliphatic rings. The van der Waals surface area contributed by atoms with Gasteiger partial charge in [0, 0.05) is 24.0 Å². The van der Waals surface area contributed by atoms with Crippen LogP contribution in [0.25, 0.3) is 10.9 Å². The first-order chi connectivity index (χ1) is 15.7. The van der Waals surface area contributed by atoms with E-state index in [4.69, 9.17) is 0 Å². The molecule has 0 spiro atoms. The molecule has 0 atom stereocenters. The largest absolute Gasteiger partial charge is 0.481 e. The van der Waals surface area contributed by atoms with Gasteiger partial charge >= 0.3 is 12.1 Å². The van der Waals surface area contributed by atoms with Crippen LogP contribution in [0.15, 0.2) is 72.8 Å². The third-order valence-corrected chi connectivity index (χ3v) is 5.36. The van der Waals surface area contributed by atoms with Gasteiger partial charge in [0.25, 0.3) is 0 Å². The van der Waals surface area contributed by atoms with E-state index < -0.39 is 23.5 Å². The number of nitrogens with one attached hydrogen (secondary N) is 1. The number of aromatic nitrogens is 1. The summed E-state index contributed by atoms with van der Waals surface area (Å²) in [5.74, 6) is -1.17. The number of anilines is 1. The number of carbonyl (C=O) groups is 1. The fourth-order valence-corrected chi connectivity index (χ4v) is 3.90. The first-order valence-corrected chi connectivity index (χ1v) is 10.2. The van der Waals surface area contributed by atoms with Crippen molar-refractivity contribution in [3.8, 4) is 0 Å². The minimum atomic E-state index is -4.47. The molecule has 0 unspecified atom stereocenters. The van der Waals surface area contributed by atoms with Crippen molar-refractivity contribution in [1.29, 1.82) is 0 Å². The predicted molar refractivity (Wildman–Crippen MR) is 118 cm³/mol. The Kier molecular flexibility index (Phi) is 6.09. The van der Waals surface area contributed by atoms with E-state index in [1.54, 1.807) is 12.1 Å². The van der Waals surface area contributed by atoms with E-state index in [2.05, 4.69) is 5.32 Å². The summed E-state index contributed by atoms with van der Waals surface area (Å²) < 4.78 is 55.2. The Balaban J connectivity index is 1.79. The maximum absolute atomic E-state index is 14.0. The van der Waals surface area contributed by atoms with E-state index in [1.807, 2.05) is 34.9 Å². The van der Waals surface area contributed by atoms with Crippen molar-refractivity contribution in [2.24, 2.45) is 0 Å². The summed E-state index contributed by atoms with van der Waals surface area (Å²) in [5, 5.41) is 13.0. The molecule has 170 valence electrons. The number of rotatable bonds is 7. The van der Waals surface area contributed by atoms with Crippen LogP contribution in [0, 0.1) is 5.82 Å². The van der Waals surface area contributed by atoms with Crippen LogP contribution in [0.5, 0.6) is 0 Å². The van der Waals surface area contributed by atoms with Crippen LogP contribution in [-0.4, -0.2) is 15.6 Å². The summed E-state index contributed by atoms with van der Waals surface area (Å²) in [7, 11) is 0. The van der Waals surface area contributed by atoms with Gasteiger partial charge in [-0.3, -0.25) is 4.79 Å². The topological polar surface area (TPSA) is 54.3 Å². The molecule has 0 fully saturated rings. The van der Waals surface area contributed by atoms with Crippen molar-refractivity contribution < 1.29 is 27.5 Å². The lowest BCUT2D eigenvalue weighted by molar-refractivity contribution is -0.138. The van der Waals surface area contributed by atoms with E-state index in [9.17, 15) is 27.5 Å². The monoisotopic (exact) mass is 456 g/mol. The van der Waals surface area contributed by atoms with Crippen LogP contribution >= 0.6 is 0 Å². The average molecular weight is 456 g/mol. The molecular formula is C25H20F4N2O2. The summed E-state index contributed by atoms with van der Waals surface area (Å²) in [6.45, 7) is 0.400. The first-order valence-electron chi connectivity index (χ1n) is 10.2. The summed E-state index contributed by atoms with van der Waals surface area (Å²) in [6, 6.07) is 18.5. The minimum Gasteiger partial charge on any atom is -0.481 e. The third-order valence-electron chi connectivity index (χ3n) is 5.36. The number of nitrogens with zero attached hydrogens (tertiary/aromatic N) is 1. The molecule has 4 rings (SSSR count). The van der Waals surface area contributed by atoms with E-state index in [0.29, 0.717) is 34.4 Å². The zero-order valence-corrected chi connectivity index (χ0v) is 17.4. The van der Waals surface area contributed by atoms with Gasteiger partial charge in [-0.25, -0.2) is 4.39 Å². The maximum Gasteiger partial charge on any atom is 0.416 e. The van der Waals surface area contributed by atoms with Crippen molar-refractivity contribution in [1.82, 2.24) is 4.57 Å². The van der Waals surface area contributed by atoms with Crippen molar-refractivity contribution in [3.63, 3.8) is 0 Å². The molecule has 8 heteroatoms. The Bertz CT molecular complexity index is 1300. The van der Waals surface area contributed by atoms with Gasteiger partial charge in [0.2, 0.25) is 0 Å². The van der Waals surface area contributed by atoms with Gasteiger partial charge in [-0.1, -0.05) is 42.5 Å². The molecule has 0 radical (unpaired) electrons. The molecule has 0 saturated heterocycles. The Morgan fingerprint density at radius 2 is 1.67 bits per heavy atom. The van der Waals surface area contributed by atoms with Gasteiger partial charge in [-0.05, 0) is 41.5 Å². The maximum atomic E-state index is 14.0. The van der Waals surface area contributed by atoms with Crippen LogP contribution in [0.2, 0.25) is 0 Å². The fraction of sp³-hybridized carbons (Fsp3) is 0.160. The molecular weight excluding hydrogens is 436 g/mol. The lowest BCUT2D eigenvalue weighted by atomic mass is 10.1. The number of fused-ring (bicyclic) bond motifs is 1. The predicted octanol–water partition coefficient (Wildman–Crippen LogP) is 6.09. The molecule has 33 heavy (non-hydrogen) atoms. The zero-order valence-electron chi connectivity index (χ0n) is 17.4. The third kappa shape index (κ3) is 5.00. The van der Waals surface area contributed by atoms with E-state index in [0.717, 1.165) is 17.7 Å². The molecule has 3 aromatic carbocycles. The molecule has 0 amide bonds. The summed E-state index contributed by atoms with van der Waals surface area (Å²) in [5.41, 5.74) is 1.55. The summed E-state index contributed by atoms with van der Waals surface area (Å²) >= 11 is 0. The standard InChI is InChI=1S/C25H20F4N2O2/c26-19-9-10-22-20(12-19)21(13-23(32)33)24(31(22)15-16-5-2-1-3-6-16)30-14-17-7-4-8-18(11-17)25(27,28)29/h1-12,30H,13-15H2,(H,32,33). The number of halogens is 4. The number of alkyl halides is 3. The molecule has 4 aromatic rings. The molecule has 0 aliphatic heterocycles. The Morgan fingerprint density at radius 1 is 0.939 bits per heavy atom. The zero-order chi connectivity index (χ0) is 23.6. The number of carboxylic acid groups (broad SMARTS) is 1. The Morgan fingerprint density at radius 3 is 2.36 bits per heavy atom. The first kappa shape index (κ1) is 22.4. The second-order valence-electron chi connectivity index (χ2n) is 7.68. The Hall–Kier alpha value is -3.81. The van der Waals surface area contributed by atoms with Gasteiger partial charge in [-0.2, -0.15) is 13.2 Å². The second-order valence-corrected chi connectivity index (χ2v) is 7.68. The molecule has 1 aromatic heterocycles. The van der Waals surface area contributed by atoms with E-state index in [1.165, 1.54) is 18.2 Å². The number of hydrogen-bond donors (Lipinski definition) is 2. The van der Waals surface area contributed by atoms with Crippen molar-refractivity contribution in [2.75, 3.05) is 5.32 Å². The molecule has 0 bridgehead atoms. The minimum absolute atomic E-state index is 0.0319. The summed E-state index contributed by atoms with van der Waals surface area (Å²) in [6.07, 6.45) is -4.84. The van der Waals surface area contributed by atoms with E-state index >= 15 is 0 Å². The average Bonchev–Trinajstić information content (AvgIpc) is 3.04. The number of benzene rings is 3. The fourth-order valence-electron chi connectivity index (χ4n) is 3.90. The molecule has 0 saturated carbocycles. The molecule has 0 aliphatic carbocycles. The molecule has 2 N–H and O–H groups in total. The van der Waals surface area contributed by atoms with Gasteiger partial charge in [-0.15, -0.1) is 0 Å². The molecule has 4 nitrogen and oxygen atoms in total. The van der Waals surface area contributed by atoms with Crippen molar-refractivity contribution in [2.45, 2.75) is 25.7 Å². The lowest BCUT2D eigenvalue weighted by Gasteiger charge is -2.15. The number of hydrogen-bond acceptors (Lipinski definition) is 2. The number of aliphatic carboxylic acids is 1. The van der Waals surface area contributed by atoms with Crippen LogP contribution in [0.3, 0.4) is 0 Å².